The zero-order valence-corrected chi connectivity index (χ0v) is 8.49. The molecule has 0 radical (unpaired) electrons. The first kappa shape index (κ1) is 9.33. The molecule has 1 saturated heterocycles. The van der Waals surface area contributed by atoms with Crippen molar-refractivity contribution in [2.24, 2.45) is 0 Å². The smallest absolute Gasteiger partial charge is 0.236 e. The van der Waals surface area contributed by atoms with Gasteiger partial charge in [-0.1, -0.05) is 0 Å². The topological polar surface area (TPSA) is 62.3 Å². The first-order valence-corrected chi connectivity index (χ1v) is 4.79. The number of anilines is 1. The Balaban J connectivity index is 2.20. The minimum atomic E-state index is 0.138. The molecule has 1 aromatic rings. The van der Waals surface area contributed by atoms with E-state index in [4.69, 9.17) is 15.2 Å². The number of hydrogen-bond acceptors (Lipinski definition) is 4. The first-order chi connectivity index (χ1) is 6.72. The number of aromatic nitrogens is 2. The molecule has 0 aliphatic carbocycles. The Morgan fingerprint density at radius 3 is 2.86 bits per heavy atom. The molecule has 1 aliphatic rings. The third-order valence-electron chi connectivity index (χ3n) is 2.31. The van der Waals surface area contributed by atoms with Gasteiger partial charge in [0, 0.05) is 6.54 Å². The molecule has 1 aliphatic heterocycles. The number of ether oxygens (including phenoxy) is 2. The second kappa shape index (κ2) is 3.49. The van der Waals surface area contributed by atoms with Crippen molar-refractivity contribution in [2.45, 2.75) is 26.5 Å². The Morgan fingerprint density at radius 1 is 1.64 bits per heavy atom. The maximum atomic E-state index is 5.86. The first-order valence-electron chi connectivity index (χ1n) is 4.79. The molecule has 14 heavy (non-hydrogen) atoms. The fourth-order valence-corrected chi connectivity index (χ4v) is 1.35. The highest BCUT2D eigenvalue weighted by molar-refractivity contribution is 5.52. The Morgan fingerprint density at radius 2 is 2.36 bits per heavy atom. The lowest BCUT2D eigenvalue weighted by Crippen LogP contribution is -2.39. The molecule has 5 nitrogen and oxygen atoms in total. The van der Waals surface area contributed by atoms with E-state index in [1.165, 1.54) is 0 Å². The second-order valence-corrected chi connectivity index (χ2v) is 3.40. The highest BCUT2D eigenvalue weighted by atomic mass is 16.6. The summed E-state index contributed by atoms with van der Waals surface area (Å²) in [7, 11) is 0. The molecule has 0 spiro atoms. The number of nitrogen functional groups attached to an aromatic ring is 1. The number of nitrogens with zero attached hydrogens (tertiary/aromatic N) is 2. The zero-order valence-electron chi connectivity index (χ0n) is 8.49. The molecule has 0 saturated carbocycles. The lowest BCUT2D eigenvalue weighted by atomic mass is 10.3. The predicted molar refractivity (Wildman–Crippen MR) is 52.3 cm³/mol. The van der Waals surface area contributed by atoms with Crippen molar-refractivity contribution in [2.75, 3.05) is 18.9 Å². The Kier molecular flexibility index (Phi) is 2.33. The van der Waals surface area contributed by atoms with Gasteiger partial charge in [-0.05, 0) is 13.8 Å². The van der Waals surface area contributed by atoms with Crippen molar-refractivity contribution in [3.63, 3.8) is 0 Å². The van der Waals surface area contributed by atoms with E-state index < -0.39 is 0 Å². The lowest BCUT2D eigenvalue weighted by Gasteiger charge is -2.26. The average Bonchev–Trinajstić information content (AvgIpc) is 2.37. The summed E-state index contributed by atoms with van der Waals surface area (Å²) in [6.07, 6.45) is 0.138. The Labute approximate surface area is 82.8 Å². The van der Waals surface area contributed by atoms with E-state index in [-0.39, 0.29) is 6.10 Å². The average molecular weight is 197 g/mol. The van der Waals surface area contributed by atoms with Gasteiger partial charge >= 0.3 is 0 Å². The SMILES string of the molecule is CCn1nc(C)c(N)c1OC1COC1. The van der Waals surface area contributed by atoms with E-state index in [1.807, 2.05) is 13.8 Å². The number of rotatable bonds is 3. The van der Waals surface area contributed by atoms with Gasteiger partial charge in [-0.3, -0.25) is 0 Å². The molecular formula is C9H15N3O2. The van der Waals surface area contributed by atoms with Gasteiger partial charge in [0.25, 0.3) is 0 Å². The molecule has 78 valence electrons. The summed E-state index contributed by atoms with van der Waals surface area (Å²) in [5.74, 6) is 0.679. The van der Waals surface area contributed by atoms with Crippen LogP contribution in [0.25, 0.3) is 0 Å². The van der Waals surface area contributed by atoms with E-state index in [9.17, 15) is 0 Å². The summed E-state index contributed by atoms with van der Waals surface area (Å²) in [4.78, 5) is 0. The van der Waals surface area contributed by atoms with Crippen molar-refractivity contribution in [1.82, 2.24) is 9.78 Å². The van der Waals surface area contributed by atoms with Crippen molar-refractivity contribution >= 4 is 5.69 Å². The van der Waals surface area contributed by atoms with Crippen LogP contribution in [-0.4, -0.2) is 29.1 Å². The molecular weight excluding hydrogens is 182 g/mol. The summed E-state index contributed by atoms with van der Waals surface area (Å²) in [5.41, 5.74) is 7.32. The number of hydrogen-bond donors (Lipinski definition) is 1. The molecule has 5 heteroatoms. The Bertz CT molecular complexity index is 331. The number of aryl methyl sites for hydroxylation is 2. The normalized spacial score (nSPS) is 16.7. The summed E-state index contributed by atoms with van der Waals surface area (Å²) < 4.78 is 12.5. The van der Waals surface area contributed by atoms with Crippen LogP contribution in [-0.2, 0) is 11.3 Å². The molecule has 2 N–H and O–H groups in total. The maximum Gasteiger partial charge on any atom is 0.236 e. The molecule has 0 bridgehead atoms. The van der Waals surface area contributed by atoms with E-state index in [0.717, 1.165) is 12.2 Å². The van der Waals surface area contributed by atoms with Gasteiger partial charge in [-0.2, -0.15) is 5.10 Å². The maximum absolute atomic E-state index is 5.86. The second-order valence-electron chi connectivity index (χ2n) is 3.40. The van der Waals surface area contributed by atoms with Crippen LogP contribution < -0.4 is 10.5 Å². The van der Waals surface area contributed by atoms with Gasteiger partial charge in [0.2, 0.25) is 5.88 Å². The van der Waals surface area contributed by atoms with Gasteiger partial charge in [0.1, 0.15) is 11.8 Å². The monoisotopic (exact) mass is 197 g/mol. The molecule has 1 fully saturated rings. The molecule has 2 heterocycles. The van der Waals surface area contributed by atoms with Crippen LogP contribution in [0.2, 0.25) is 0 Å². The zero-order chi connectivity index (χ0) is 10.1. The van der Waals surface area contributed by atoms with Gasteiger partial charge in [-0.15, -0.1) is 0 Å². The largest absolute Gasteiger partial charge is 0.468 e. The van der Waals surface area contributed by atoms with Crippen molar-refractivity contribution in [3.8, 4) is 5.88 Å². The van der Waals surface area contributed by atoms with Gasteiger partial charge in [0.15, 0.2) is 0 Å². The molecule has 0 amide bonds. The van der Waals surface area contributed by atoms with Crippen LogP contribution in [0.3, 0.4) is 0 Å². The summed E-state index contributed by atoms with van der Waals surface area (Å²) in [6, 6.07) is 0. The van der Waals surface area contributed by atoms with Crippen LogP contribution in [0, 0.1) is 6.92 Å². The molecule has 0 atom stereocenters. The minimum Gasteiger partial charge on any atom is -0.468 e. The summed E-state index contributed by atoms with van der Waals surface area (Å²) >= 11 is 0. The fourth-order valence-electron chi connectivity index (χ4n) is 1.35. The standard InChI is InChI=1S/C9H15N3O2/c1-3-12-9(8(10)6(2)11-12)14-7-4-13-5-7/h7H,3-5,10H2,1-2H3. The van der Waals surface area contributed by atoms with E-state index >= 15 is 0 Å². The fraction of sp³-hybridized carbons (Fsp3) is 0.667. The van der Waals surface area contributed by atoms with Crippen LogP contribution in [0.4, 0.5) is 5.69 Å². The third kappa shape index (κ3) is 1.43. The summed E-state index contributed by atoms with van der Waals surface area (Å²) in [5, 5.41) is 4.27. The summed E-state index contributed by atoms with van der Waals surface area (Å²) in [6.45, 7) is 5.95. The highest BCUT2D eigenvalue weighted by Gasteiger charge is 2.24. The molecule has 1 aromatic heterocycles. The third-order valence-corrected chi connectivity index (χ3v) is 2.31. The quantitative estimate of drug-likeness (QED) is 0.769. The lowest BCUT2D eigenvalue weighted by molar-refractivity contribution is -0.0825. The van der Waals surface area contributed by atoms with Crippen LogP contribution in [0.15, 0.2) is 0 Å². The van der Waals surface area contributed by atoms with E-state index in [2.05, 4.69) is 5.10 Å². The van der Waals surface area contributed by atoms with E-state index in [0.29, 0.717) is 24.8 Å². The molecule has 0 unspecified atom stereocenters. The predicted octanol–water partition coefficient (Wildman–Crippen LogP) is 0.571. The Hall–Kier alpha value is -1.23. The van der Waals surface area contributed by atoms with Crippen molar-refractivity contribution < 1.29 is 9.47 Å². The van der Waals surface area contributed by atoms with Gasteiger partial charge in [0.05, 0.1) is 18.9 Å². The van der Waals surface area contributed by atoms with Gasteiger partial charge < -0.3 is 15.2 Å². The van der Waals surface area contributed by atoms with Crippen LogP contribution in [0.5, 0.6) is 5.88 Å². The van der Waals surface area contributed by atoms with Crippen LogP contribution >= 0.6 is 0 Å². The van der Waals surface area contributed by atoms with Gasteiger partial charge in [-0.25, -0.2) is 4.68 Å². The minimum absolute atomic E-state index is 0.138. The van der Waals surface area contributed by atoms with Crippen LogP contribution in [0.1, 0.15) is 12.6 Å². The van der Waals surface area contributed by atoms with Crippen molar-refractivity contribution in [1.29, 1.82) is 0 Å². The molecule has 0 aromatic carbocycles. The van der Waals surface area contributed by atoms with Crippen molar-refractivity contribution in [3.05, 3.63) is 5.69 Å². The number of nitrogens with two attached hydrogens (primary N) is 1. The highest BCUT2D eigenvalue weighted by Crippen LogP contribution is 2.26. The molecule has 2 rings (SSSR count). The van der Waals surface area contributed by atoms with E-state index in [1.54, 1.807) is 4.68 Å².